The number of aliphatic hydroxyl groups is 1. The smallest absolute Gasteiger partial charge is 0.352 e. The summed E-state index contributed by atoms with van der Waals surface area (Å²) < 4.78 is 80.6. The van der Waals surface area contributed by atoms with Gasteiger partial charge in [0.1, 0.15) is 0 Å². The Morgan fingerprint density at radius 1 is 1.00 bits per heavy atom. The first-order valence-electron chi connectivity index (χ1n) is 4.91. The third-order valence-corrected chi connectivity index (χ3v) is 3.12. The van der Waals surface area contributed by atoms with Crippen LogP contribution in [0, 0.1) is 5.92 Å². The van der Waals surface area contributed by atoms with Crippen molar-refractivity contribution in [3.05, 3.63) is 12.2 Å². The number of halogens is 6. The molecule has 7 heteroatoms. The fourth-order valence-corrected chi connectivity index (χ4v) is 1.84. The van der Waals surface area contributed by atoms with Gasteiger partial charge in [-0.05, 0) is 18.1 Å². The van der Waals surface area contributed by atoms with Crippen molar-refractivity contribution >= 4 is 0 Å². The molecule has 0 radical (unpaired) electrons. The molecule has 0 saturated heterocycles. The quantitative estimate of drug-likeness (QED) is 0.599. The van der Waals surface area contributed by atoms with Gasteiger partial charge in [0.15, 0.2) is 5.67 Å². The highest BCUT2D eigenvalue weighted by Crippen LogP contribution is 2.57. The van der Waals surface area contributed by atoms with Crippen LogP contribution in [0.25, 0.3) is 0 Å². The summed E-state index contributed by atoms with van der Waals surface area (Å²) in [7, 11) is 0. The minimum absolute atomic E-state index is 0.0747. The molecule has 0 aromatic carbocycles. The van der Waals surface area contributed by atoms with Gasteiger partial charge in [-0.2, -0.15) is 17.6 Å². The summed E-state index contributed by atoms with van der Waals surface area (Å²) >= 11 is 0. The third kappa shape index (κ3) is 1.51. The number of rotatable bonds is 2. The summed E-state index contributed by atoms with van der Waals surface area (Å²) in [4.78, 5) is 0. The van der Waals surface area contributed by atoms with Gasteiger partial charge in [0.05, 0.1) is 6.61 Å². The number of aliphatic hydroxyl groups excluding tert-OH is 1. The third-order valence-electron chi connectivity index (χ3n) is 3.12. The van der Waals surface area contributed by atoms with Gasteiger partial charge in [0.2, 0.25) is 5.67 Å². The summed E-state index contributed by atoms with van der Waals surface area (Å²) in [5.74, 6) is -11.5. The minimum atomic E-state index is -5.32. The Hall–Kier alpha value is -0.720. The van der Waals surface area contributed by atoms with Gasteiger partial charge in [0, 0.05) is 0 Å². The highest BCUT2D eigenvalue weighted by Gasteiger charge is 2.79. The molecule has 1 aliphatic carbocycles. The normalized spacial score (nSPS) is 39.6. The van der Waals surface area contributed by atoms with E-state index in [-0.39, 0.29) is 12.2 Å². The fraction of sp³-hybridized carbons (Fsp3) is 0.800. The number of hydrogen-bond donors (Lipinski definition) is 1. The van der Waals surface area contributed by atoms with Gasteiger partial charge in [-0.25, -0.2) is 8.78 Å². The van der Waals surface area contributed by atoms with Gasteiger partial charge >= 0.3 is 11.8 Å². The number of allylic oxidation sites excluding steroid dienone is 2. The van der Waals surface area contributed by atoms with Gasteiger partial charge in [-0.3, -0.25) is 0 Å². The van der Waals surface area contributed by atoms with Crippen LogP contribution in [0.1, 0.15) is 13.8 Å². The lowest BCUT2D eigenvalue weighted by molar-refractivity contribution is -0.299. The predicted molar refractivity (Wildman–Crippen MR) is 48.6 cm³/mol. The molecule has 0 aliphatic heterocycles. The molecule has 2 atom stereocenters. The van der Waals surface area contributed by atoms with Crippen LogP contribution >= 0.6 is 0 Å². The van der Waals surface area contributed by atoms with Crippen molar-refractivity contribution in [2.24, 2.45) is 5.92 Å². The van der Waals surface area contributed by atoms with E-state index in [2.05, 4.69) is 0 Å². The Labute approximate surface area is 94.1 Å². The highest BCUT2D eigenvalue weighted by molar-refractivity contribution is 5.30. The highest BCUT2D eigenvalue weighted by atomic mass is 19.3. The molecule has 0 fully saturated rings. The van der Waals surface area contributed by atoms with Gasteiger partial charge in [-0.1, -0.05) is 13.8 Å². The molecule has 1 nitrogen and oxygen atoms in total. The molecule has 0 spiro atoms. The van der Waals surface area contributed by atoms with Crippen molar-refractivity contribution in [1.29, 1.82) is 0 Å². The second-order valence-corrected chi connectivity index (χ2v) is 4.41. The van der Waals surface area contributed by atoms with E-state index >= 15 is 0 Å². The van der Waals surface area contributed by atoms with E-state index in [4.69, 9.17) is 5.11 Å². The van der Waals surface area contributed by atoms with Crippen LogP contribution in [-0.2, 0) is 0 Å². The molecule has 17 heavy (non-hydrogen) atoms. The summed E-state index contributed by atoms with van der Waals surface area (Å²) in [5, 5.41) is 8.64. The lowest BCUT2D eigenvalue weighted by atomic mass is 9.69. The lowest BCUT2D eigenvalue weighted by Crippen LogP contribution is -2.70. The van der Waals surface area contributed by atoms with Crippen molar-refractivity contribution in [1.82, 2.24) is 0 Å². The van der Waals surface area contributed by atoms with Crippen molar-refractivity contribution in [2.45, 2.75) is 37.0 Å². The Bertz CT molecular complexity index is 340. The standard InChI is InChI=1S/C10H12F6O/c1-6(2)7(11)3-4-9(13,14)10(15,16)8(7,12)5-17/h3-4,6,17H,5H2,1-2H3. The monoisotopic (exact) mass is 262 g/mol. The molecule has 0 amide bonds. The van der Waals surface area contributed by atoms with Crippen molar-refractivity contribution in [2.75, 3.05) is 6.61 Å². The average molecular weight is 262 g/mol. The maximum atomic E-state index is 14.1. The van der Waals surface area contributed by atoms with Crippen molar-refractivity contribution in [3.8, 4) is 0 Å². The first kappa shape index (κ1) is 14.3. The lowest BCUT2D eigenvalue weighted by Gasteiger charge is -2.47. The first-order valence-corrected chi connectivity index (χ1v) is 4.91. The molecule has 1 rings (SSSR count). The maximum Gasteiger partial charge on any atom is 0.352 e. The van der Waals surface area contributed by atoms with Crippen LogP contribution in [0.3, 0.4) is 0 Å². The molecule has 0 aromatic heterocycles. The van der Waals surface area contributed by atoms with Crippen LogP contribution in [-0.4, -0.2) is 34.9 Å². The second-order valence-electron chi connectivity index (χ2n) is 4.41. The molecule has 1 N–H and O–H groups in total. The van der Waals surface area contributed by atoms with Crippen LogP contribution in [0.15, 0.2) is 12.2 Å². The van der Waals surface area contributed by atoms with Crippen LogP contribution in [0.2, 0.25) is 0 Å². The Balaban J connectivity index is 3.50. The van der Waals surface area contributed by atoms with E-state index < -0.39 is 35.7 Å². The minimum Gasteiger partial charge on any atom is -0.393 e. The topological polar surface area (TPSA) is 20.2 Å². The van der Waals surface area contributed by atoms with E-state index in [1.165, 1.54) is 0 Å². The molecule has 0 saturated carbocycles. The molecule has 0 heterocycles. The molecular weight excluding hydrogens is 250 g/mol. The van der Waals surface area contributed by atoms with Gasteiger partial charge in [0.25, 0.3) is 0 Å². The number of hydrogen-bond acceptors (Lipinski definition) is 1. The molecular formula is C10H12F6O. The zero-order valence-corrected chi connectivity index (χ0v) is 9.15. The summed E-state index contributed by atoms with van der Waals surface area (Å²) in [6.45, 7) is 0.0936. The molecule has 1 aliphatic rings. The maximum absolute atomic E-state index is 14.1. The average Bonchev–Trinajstić information content (AvgIpc) is 2.22. The van der Waals surface area contributed by atoms with E-state index in [1.807, 2.05) is 0 Å². The molecule has 0 aromatic rings. The Kier molecular flexibility index (Phi) is 3.07. The molecule has 100 valence electrons. The molecule has 0 bridgehead atoms. The zero-order chi connectivity index (χ0) is 13.7. The van der Waals surface area contributed by atoms with E-state index in [0.29, 0.717) is 0 Å². The summed E-state index contributed by atoms with van der Waals surface area (Å²) in [5.41, 5.74) is -7.71. The summed E-state index contributed by atoms with van der Waals surface area (Å²) in [6.07, 6.45) is -0.272. The predicted octanol–water partition coefficient (Wildman–Crippen LogP) is 2.89. The summed E-state index contributed by atoms with van der Waals surface area (Å²) in [6, 6.07) is 0. The number of alkyl halides is 6. The van der Waals surface area contributed by atoms with Gasteiger partial charge < -0.3 is 5.11 Å². The fourth-order valence-electron chi connectivity index (χ4n) is 1.84. The van der Waals surface area contributed by atoms with E-state index in [1.54, 1.807) is 0 Å². The van der Waals surface area contributed by atoms with Crippen LogP contribution < -0.4 is 0 Å². The van der Waals surface area contributed by atoms with Crippen LogP contribution in [0.4, 0.5) is 26.3 Å². The van der Waals surface area contributed by atoms with E-state index in [9.17, 15) is 26.3 Å². The Morgan fingerprint density at radius 3 is 1.82 bits per heavy atom. The van der Waals surface area contributed by atoms with Gasteiger partial charge in [-0.15, -0.1) is 0 Å². The largest absolute Gasteiger partial charge is 0.393 e. The van der Waals surface area contributed by atoms with Crippen molar-refractivity contribution in [3.63, 3.8) is 0 Å². The first-order chi connectivity index (χ1) is 7.46. The molecule has 2 unspecified atom stereocenters. The zero-order valence-electron chi connectivity index (χ0n) is 9.15. The van der Waals surface area contributed by atoms with Crippen molar-refractivity contribution < 1.29 is 31.4 Å². The second kappa shape index (κ2) is 3.63. The SMILES string of the molecule is CC(C)C1(F)C=CC(F)(F)C(F)(F)C1(F)CO. The van der Waals surface area contributed by atoms with E-state index in [0.717, 1.165) is 13.8 Å². The van der Waals surface area contributed by atoms with Crippen LogP contribution in [0.5, 0.6) is 0 Å². The Morgan fingerprint density at radius 2 is 1.47 bits per heavy atom.